The van der Waals surface area contributed by atoms with Gasteiger partial charge in [-0.15, -0.1) is 11.3 Å². The minimum Gasteiger partial charge on any atom is -0.357 e. The summed E-state index contributed by atoms with van der Waals surface area (Å²) in [6.07, 6.45) is 6.72. The number of anilines is 1. The van der Waals surface area contributed by atoms with Gasteiger partial charge in [0.05, 0.1) is 10.0 Å². The van der Waals surface area contributed by atoms with Crippen molar-refractivity contribution in [2.75, 3.05) is 31.1 Å². The number of aryl methyl sites for hydroxylation is 1. The zero-order valence-electron chi connectivity index (χ0n) is 15.9. The van der Waals surface area contributed by atoms with Crippen LogP contribution in [0.15, 0.2) is 29.5 Å². The van der Waals surface area contributed by atoms with Crippen molar-refractivity contribution in [3.05, 3.63) is 39.4 Å². The molecule has 1 unspecified atom stereocenters. The average molecular weight is 407 g/mol. The molecule has 0 aliphatic carbocycles. The van der Waals surface area contributed by atoms with E-state index in [2.05, 4.69) is 39.3 Å². The van der Waals surface area contributed by atoms with Crippen LogP contribution < -0.4 is 15.5 Å². The zero-order chi connectivity index (χ0) is 19.1. The van der Waals surface area contributed by atoms with Gasteiger partial charge in [-0.2, -0.15) is 0 Å². The summed E-state index contributed by atoms with van der Waals surface area (Å²) in [4.78, 5) is 17.2. The van der Waals surface area contributed by atoms with Gasteiger partial charge in [-0.05, 0) is 31.9 Å². The minimum atomic E-state index is 0.326. The molecule has 0 bridgehead atoms. The van der Waals surface area contributed by atoms with Crippen LogP contribution in [0.5, 0.6) is 0 Å². The number of aliphatic imine (C=N–C) groups is 1. The predicted octanol–water partition coefficient (Wildman–Crippen LogP) is 3.13. The summed E-state index contributed by atoms with van der Waals surface area (Å²) < 4.78 is 0. The molecular weight excluding hydrogens is 380 g/mol. The Morgan fingerprint density at radius 3 is 3.04 bits per heavy atom. The van der Waals surface area contributed by atoms with Crippen LogP contribution in [0.1, 0.15) is 30.2 Å². The van der Waals surface area contributed by atoms with Crippen LogP contribution in [-0.4, -0.2) is 48.1 Å². The number of rotatable bonds is 7. The number of nitrogens with zero attached hydrogens (tertiary/aromatic N) is 4. The van der Waals surface area contributed by atoms with Crippen molar-refractivity contribution in [1.82, 2.24) is 20.6 Å². The van der Waals surface area contributed by atoms with Crippen molar-refractivity contribution in [2.24, 2.45) is 4.99 Å². The first kappa shape index (κ1) is 19.9. The maximum atomic E-state index is 6.28. The normalized spacial score (nSPS) is 17.4. The minimum absolute atomic E-state index is 0.326. The number of pyridine rings is 1. The monoisotopic (exact) mass is 406 g/mol. The van der Waals surface area contributed by atoms with E-state index >= 15 is 0 Å². The van der Waals surface area contributed by atoms with Crippen molar-refractivity contribution in [2.45, 2.75) is 39.2 Å². The number of hydrogen-bond donors (Lipinski definition) is 2. The Morgan fingerprint density at radius 2 is 2.30 bits per heavy atom. The summed E-state index contributed by atoms with van der Waals surface area (Å²) >= 11 is 8.06. The fraction of sp³-hybridized carbons (Fsp3) is 0.526. The first-order chi connectivity index (χ1) is 13.2. The van der Waals surface area contributed by atoms with E-state index in [0.29, 0.717) is 11.1 Å². The lowest BCUT2D eigenvalue weighted by Gasteiger charge is -2.20. The summed E-state index contributed by atoms with van der Waals surface area (Å²) in [7, 11) is 0. The van der Waals surface area contributed by atoms with Crippen LogP contribution in [0.25, 0.3) is 0 Å². The standard InChI is InChI=1S/C19H27ClN6S/c1-3-15-12-24-17(27-15)7-10-23-19(21-4-2)25-14-8-11-26(13-14)18-16(20)6-5-9-22-18/h5-6,9,12,14H,3-4,7-8,10-11,13H2,1-2H3,(H2,21,23,25). The summed E-state index contributed by atoms with van der Waals surface area (Å²) in [5.74, 6) is 1.73. The van der Waals surface area contributed by atoms with Gasteiger partial charge in [0.1, 0.15) is 5.82 Å². The van der Waals surface area contributed by atoms with E-state index in [1.807, 2.05) is 18.3 Å². The van der Waals surface area contributed by atoms with Gasteiger partial charge in [-0.3, -0.25) is 4.99 Å². The highest BCUT2D eigenvalue weighted by Gasteiger charge is 2.25. The molecule has 2 aromatic heterocycles. The Kier molecular flexibility index (Phi) is 7.29. The Morgan fingerprint density at radius 1 is 1.41 bits per heavy atom. The van der Waals surface area contributed by atoms with Crippen LogP contribution in [0.4, 0.5) is 5.82 Å². The number of halogens is 1. The second-order valence-electron chi connectivity index (χ2n) is 6.47. The Balaban J connectivity index is 1.54. The first-order valence-electron chi connectivity index (χ1n) is 9.53. The van der Waals surface area contributed by atoms with E-state index in [-0.39, 0.29) is 0 Å². The van der Waals surface area contributed by atoms with Crippen LogP contribution in [-0.2, 0) is 12.8 Å². The maximum Gasteiger partial charge on any atom is 0.191 e. The van der Waals surface area contributed by atoms with Gasteiger partial charge in [-0.1, -0.05) is 18.5 Å². The topological polar surface area (TPSA) is 65.4 Å². The van der Waals surface area contributed by atoms with Crippen LogP contribution in [0.3, 0.4) is 0 Å². The van der Waals surface area contributed by atoms with E-state index in [1.165, 1.54) is 4.88 Å². The molecule has 3 heterocycles. The van der Waals surface area contributed by atoms with Crippen molar-refractivity contribution in [1.29, 1.82) is 0 Å². The highest BCUT2D eigenvalue weighted by Crippen LogP contribution is 2.25. The average Bonchev–Trinajstić information content (AvgIpc) is 3.32. The van der Waals surface area contributed by atoms with Gasteiger partial charge in [0.15, 0.2) is 5.96 Å². The summed E-state index contributed by atoms with van der Waals surface area (Å²) in [6.45, 7) is 7.62. The van der Waals surface area contributed by atoms with Gasteiger partial charge >= 0.3 is 0 Å². The van der Waals surface area contributed by atoms with Crippen molar-refractivity contribution < 1.29 is 0 Å². The molecule has 1 atom stereocenters. The molecule has 0 spiro atoms. The third kappa shape index (κ3) is 5.56. The lowest BCUT2D eigenvalue weighted by Crippen LogP contribution is -2.44. The number of aromatic nitrogens is 2. The highest BCUT2D eigenvalue weighted by molar-refractivity contribution is 7.11. The highest BCUT2D eigenvalue weighted by atomic mass is 35.5. The predicted molar refractivity (Wildman–Crippen MR) is 114 cm³/mol. The third-order valence-electron chi connectivity index (χ3n) is 4.46. The Bertz CT molecular complexity index is 762. The van der Waals surface area contributed by atoms with E-state index in [0.717, 1.165) is 62.2 Å². The third-order valence-corrected chi connectivity index (χ3v) is 5.95. The fourth-order valence-electron chi connectivity index (χ4n) is 3.08. The van der Waals surface area contributed by atoms with E-state index in [9.17, 15) is 0 Å². The summed E-state index contributed by atoms with van der Waals surface area (Å²) in [6, 6.07) is 4.07. The molecule has 6 nitrogen and oxygen atoms in total. The lowest BCUT2D eigenvalue weighted by molar-refractivity contribution is 0.648. The molecule has 0 amide bonds. The number of hydrogen-bond acceptors (Lipinski definition) is 5. The smallest absolute Gasteiger partial charge is 0.191 e. The van der Waals surface area contributed by atoms with Crippen molar-refractivity contribution >= 4 is 34.7 Å². The number of guanidine groups is 1. The van der Waals surface area contributed by atoms with E-state index < -0.39 is 0 Å². The SMILES string of the molecule is CCNC(=NCCc1ncc(CC)s1)NC1CCN(c2ncccc2Cl)C1. The summed E-state index contributed by atoms with van der Waals surface area (Å²) in [5, 5.41) is 8.75. The molecule has 2 aromatic rings. The van der Waals surface area contributed by atoms with Crippen molar-refractivity contribution in [3.8, 4) is 0 Å². The largest absolute Gasteiger partial charge is 0.357 e. The quantitative estimate of drug-likeness (QED) is 0.546. The van der Waals surface area contributed by atoms with Gasteiger partial charge < -0.3 is 15.5 Å². The Hall–Kier alpha value is -1.86. The van der Waals surface area contributed by atoms with Gasteiger partial charge in [0.2, 0.25) is 0 Å². The van der Waals surface area contributed by atoms with Crippen LogP contribution in [0, 0.1) is 0 Å². The van der Waals surface area contributed by atoms with Gasteiger partial charge in [-0.25, -0.2) is 9.97 Å². The van der Waals surface area contributed by atoms with E-state index in [4.69, 9.17) is 16.6 Å². The number of nitrogens with one attached hydrogen (secondary N) is 2. The number of thiazole rings is 1. The molecule has 2 N–H and O–H groups in total. The molecule has 1 aliphatic heterocycles. The molecule has 0 saturated carbocycles. The van der Waals surface area contributed by atoms with Crippen LogP contribution in [0.2, 0.25) is 5.02 Å². The van der Waals surface area contributed by atoms with Gasteiger partial charge in [0, 0.05) is 55.9 Å². The molecule has 146 valence electrons. The molecule has 0 aromatic carbocycles. The van der Waals surface area contributed by atoms with Crippen molar-refractivity contribution in [3.63, 3.8) is 0 Å². The molecule has 8 heteroatoms. The molecule has 1 saturated heterocycles. The fourth-order valence-corrected chi connectivity index (χ4v) is 4.18. The molecule has 27 heavy (non-hydrogen) atoms. The zero-order valence-corrected chi connectivity index (χ0v) is 17.5. The first-order valence-corrected chi connectivity index (χ1v) is 10.7. The summed E-state index contributed by atoms with van der Waals surface area (Å²) in [5.41, 5.74) is 0. The van der Waals surface area contributed by atoms with Gasteiger partial charge in [0.25, 0.3) is 0 Å². The molecule has 0 radical (unpaired) electrons. The lowest BCUT2D eigenvalue weighted by atomic mass is 10.3. The molecule has 3 rings (SSSR count). The van der Waals surface area contributed by atoms with Crippen LogP contribution >= 0.6 is 22.9 Å². The second kappa shape index (κ2) is 9.90. The molecule has 1 fully saturated rings. The Labute approximate surface area is 170 Å². The molecule has 1 aliphatic rings. The maximum absolute atomic E-state index is 6.28. The van der Waals surface area contributed by atoms with E-state index in [1.54, 1.807) is 17.5 Å². The molecular formula is C19H27ClN6S. The second-order valence-corrected chi connectivity index (χ2v) is 8.08.